The molecule has 4 aromatic rings. The van der Waals surface area contributed by atoms with Gasteiger partial charge in [0.25, 0.3) is 0 Å². The maximum Gasteiger partial charge on any atom is 0.408 e. The topological polar surface area (TPSA) is 135 Å². The molecule has 1 aliphatic heterocycles. The van der Waals surface area contributed by atoms with Gasteiger partial charge in [-0.25, -0.2) is 14.0 Å². The number of urea groups is 1. The van der Waals surface area contributed by atoms with Gasteiger partial charge in [-0.2, -0.15) is 0 Å². The summed E-state index contributed by atoms with van der Waals surface area (Å²) in [4.78, 5) is 48.5. The van der Waals surface area contributed by atoms with E-state index in [4.69, 9.17) is 9.47 Å². The summed E-state index contributed by atoms with van der Waals surface area (Å²) in [6, 6.07) is 10.9. The molecular weight excluding hydrogens is 599 g/mol. The number of nitrogens with zero attached hydrogens (tertiary/aromatic N) is 3. The Balaban J connectivity index is 1.10. The van der Waals surface area contributed by atoms with Crippen molar-refractivity contribution in [2.75, 3.05) is 11.9 Å². The predicted molar refractivity (Wildman–Crippen MR) is 168 cm³/mol. The summed E-state index contributed by atoms with van der Waals surface area (Å²) in [6.07, 6.45) is 5.14. The normalized spacial score (nSPS) is 16.5. The number of benzene rings is 1. The minimum atomic E-state index is -0.643. The number of carbonyl (C=O) groups excluding carboxylic acids is 3. The highest BCUT2D eigenvalue weighted by atomic mass is 32.1. The number of halogens is 1. The molecule has 2 aliphatic rings. The molecule has 1 saturated carbocycles. The highest BCUT2D eigenvalue weighted by Gasteiger charge is 2.34. The number of hydrogen-bond acceptors (Lipinski definition) is 8. The van der Waals surface area contributed by atoms with E-state index < -0.39 is 23.6 Å². The zero-order valence-corrected chi connectivity index (χ0v) is 25.9. The van der Waals surface area contributed by atoms with Crippen LogP contribution in [0, 0.1) is 5.82 Å². The largest absolute Gasteiger partial charge is 0.453 e. The van der Waals surface area contributed by atoms with Crippen LogP contribution in [0.25, 0.3) is 20.8 Å². The Kier molecular flexibility index (Phi) is 8.28. The van der Waals surface area contributed by atoms with Gasteiger partial charge in [0.2, 0.25) is 5.91 Å². The number of nitrogens with one attached hydrogen (secondary N) is 3. The van der Waals surface area contributed by atoms with Crippen molar-refractivity contribution in [2.24, 2.45) is 0 Å². The van der Waals surface area contributed by atoms with Crippen LogP contribution in [-0.4, -0.2) is 57.1 Å². The smallest absolute Gasteiger partial charge is 0.408 e. The minimum Gasteiger partial charge on any atom is -0.453 e. The van der Waals surface area contributed by atoms with E-state index in [0.717, 1.165) is 33.7 Å². The van der Waals surface area contributed by atoms with Gasteiger partial charge in [0.05, 0.1) is 20.8 Å². The zero-order valence-electron chi connectivity index (χ0n) is 25.1. The number of fused-ring (bicyclic) bond motifs is 1. The van der Waals surface area contributed by atoms with Gasteiger partial charge in [-0.1, -0.05) is 6.07 Å². The number of likely N-dealkylation sites (tertiary alicyclic amines) is 1. The molecule has 1 atom stereocenters. The first kappa shape index (κ1) is 30.3. The average molecular weight is 633 g/mol. The molecule has 2 fully saturated rings. The molecule has 0 radical (unpaired) electrons. The van der Waals surface area contributed by atoms with Crippen LogP contribution >= 0.6 is 11.3 Å². The van der Waals surface area contributed by atoms with Gasteiger partial charge in [-0.05, 0) is 69.9 Å². The molecule has 13 heteroatoms. The highest BCUT2D eigenvalue weighted by molar-refractivity contribution is 7.22. The number of aromatic nitrogens is 2. The van der Waals surface area contributed by atoms with E-state index in [2.05, 4.69) is 25.9 Å². The second kappa shape index (κ2) is 12.3. The van der Waals surface area contributed by atoms with E-state index in [-0.39, 0.29) is 23.7 Å². The van der Waals surface area contributed by atoms with E-state index in [1.165, 1.54) is 23.5 Å². The zero-order chi connectivity index (χ0) is 31.7. The van der Waals surface area contributed by atoms with E-state index in [1.807, 2.05) is 18.2 Å². The lowest BCUT2D eigenvalue weighted by molar-refractivity contribution is -0.129. The summed E-state index contributed by atoms with van der Waals surface area (Å²) >= 11 is 1.42. The monoisotopic (exact) mass is 632 g/mol. The molecular formula is C32H33FN6O5S. The summed E-state index contributed by atoms with van der Waals surface area (Å²) < 4.78 is 26.9. The number of amides is 4. The number of pyridine rings is 2. The van der Waals surface area contributed by atoms with Gasteiger partial charge < -0.3 is 30.3 Å². The van der Waals surface area contributed by atoms with Gasteiger partial charge in [-0.3, -0.25) is 14.8 Å². The molecule has 1 aromatic carbocycles. The molecule has 3 N–H and O–H groups in total. The number of carbonyl (C=O) groups is 3. The first-order chi connectivity index (χ1) is 21.5. The second-order valence-corrected chi connectivity index (χ2v) is 13.1. The maximum absolute atomic E-state index is 14.9. The van der Waals surface area contributed by atoms with Crippen molar-refractivity contribution in [1.29, 1.82) is 0 Å². The third kappa shape index (κ3) is 7.48. The number of alkyl carbamates (subject to hydrolysis) is 1. The number of ether oxygens (including phenoxy) is 2. The van der Waals surface area contributed by atoms with Gasteiger partial charge in [-0.15, -0.1) is 11.3 Å². The van der Waals surface area contributed by atoms with Gasteiger partial charge >= 0.3 is 12.1 Å². The number of rotatable bonds is 8. The molecule has 3 aromatic heterocycles. The van der Waals surface area contributed by atoms with Crippen LogP contribution in [0.5, 0.6) is 11.5 Å². The Bertz CT molecular complexity index is 1750. The quantitative estimate of drug-likeness (QED) is 0.211. The second-order valence-electron chi connectivity index (χ2n) is 12.1. The fourth-order valence-corrected chi connectivity index (χ4v) is 5.89. The Morgan fingerprint density at radius 1 is 1.04 bits per heavy atom. The first-order valence-corrected chi connectivity index (χ1v) is 15.5. The summed E-state index contributed by atoms with van der Waals surface area (Å²) in [5, 5.41) is 8.10. The molecule has 1 aliphatic carbocycles. The van der Waals surface area contributed by atoms with Crippen LogP contribution in [0.2, 0.25) is 0 Å². The predicted octanol–water partition coefficient (Wildman–Crippen LogP) is 6.20. The first-order valence-electron chi connectivity index (χ1n) is 14.7. The van der Waals surface area contributed by atoms with E-state index >= 15 is 0 Å². The minimum absolute atomic E-state index is 0.0214. The van der Waals surface area contributed by atoms with Crippen molar-refractivity contribution in [3.8, 4) is 22.1 Å². The van der Waals surface area contributed by atoms with Crippen LogP contribution in [0.1, 0.15) is 45.6 Å². The Labute approximate surface area is 263 Å². The van der Waals surface area contributed by atoms with E-state index in [0.29, 0.717) is 36.5 Å². The highest BCUT2D eigenvalue weighted by Crippen LogP contribution is 2.39. The standard InChI is InChI=1S/C32H33FN6O5S/c1-32(2,3)44-31(42)38-23-11-13-39(29(23)40)17-18-4-8-22(35-16-18)27-15-24-28(45-27)26(10-12-34-24)43-25-9-7-20(14-21(25)33)37-30(41)36-19-5-6-19/h4,7-10,12,14-16,19,23H,5-6,11,13,17H2,1-3H3,(H,38,42)(H2,36,37,41)/t23-/m0/s1. The number of hydrogen-bond donors (Lipinski definition) is 3. The molecule has 1 saturated heterocycles. The third-order valence-electron chi connectivity index (χ3n) is 7.14. The molecule has 4 heterocycles. The Morgan fingerprint density at radius 3 is 2.58 bits per heavy atom. The lowest BCUT2D eigenvalue weighted by Crippen LogP contribution is -2.43. The van der Waals surface area contributed by atoms with Crippen LogP contribution in [0.4, 0.5) is 19.7 Å². The summed E-state index contributed by atoms with van der Waals surface area (Å²) in [6.45, 7) is 6.20. The molecule has 0 bridgehead atoms. The number of anilines is 1. The lowest BCUT2D eigenvalue weighted by atomic mass is 10.2. The van der Waals surface area contributed by atoms with Crippen molar-refractivity contribution in [1.82, 2.24) is 25.5 Å². The van der Waals surface area contributed by atoms with Gasteiger partial charge in [0.1, 0.15) is 17.4 Å². The molecule has 11 nitrogen and oxygen atoms in total. The van der Waals surface area contributed by atoms with Crippen molar-refractivity contribution in [2.45, 2.75) is 64.3 Å². The molecule has 0 spiro atoms. The van der Waals surface area contributed by atoms with E-state index in [9.17, 15) is 18.8 Å². The van der Waals surface area contributed by atoms with Crippen molar-refractivity contribution < 1.29 is 28.2 Å². The Morgan fingerprint density at radius 2 is 1.87 bits per heavy atom. The molecule has 0 unspecified atom stereocenters. The molecule has 45 heavy (non-hydrogen) atoms. The van der Waals surface area contributed by atoms with Crippen LogP contribution in [0.3, 0.4) is 0 Å². The third-order valence-corrected chi connectivity index (χ3v) is 8.30. The van der Waals surface area contributed by atoms with Crippen LogP contribution in [-0.2, 0) is 16.1 Å². The van der Waals surface area contributed by atoms with Crippen LogP contribution < -0.4 is 20.7 Å². The average Bonchev–Trinajstić information content (AvgIpc) is 3.57. The van der Waals surface area contributed by atoms with Crippen molar-refractivity contribution in [3.63, 3.8) is 0 Å². The van der Waals surface area contributed by atoms with Crippen molar-refractivity contribution in [3.05, 3.63) is 66.2 Å². The number of thiophene rings is 1. The maximum atomic E-state index is 14.9. The van der Waals surface area contributed by atoms with Crippen molar-refractivity contribution >= 4 is 45.3 Å². The van der Waals surface area contributed by atoms with Crippen LogP contribution in [0.15, 0.2) is 54.9 Å². The van der Waals surface area contributed by atoms with Gasteiger partial charge in [0, 0.05) is 49.3 Å². The Hall–Kier alpha value is -4.78. The molecule has 4 amide bonds. The van der Waals surface area contributed by atoms with Gasteiger partial charge in [0.15, 0.2) is 11.6 Å². The summed E-state index contributed by atoms with van der Waals surface area (Å²) in [7, 11) is 0. The fourth-order valence-electron chi connectivity index (χ4n) is 4.85. The summed E-state index contributed by atoms with van der Waals surface area (Å²) in [5.41, 5.74) is 1.94. The molecule has 6 rings (SSSR count). The lowest BCUT2D eigenvalue weighted by Gasteiger charge is -2.21. The molecule has 234 valence electrons. The van der Waals surface area contributed by atoms with E-state index in [1.54, 1.807) is 50.2 Å². The fraction of sp³-hybridized carbons (Fsp3) is 0.344. The SMILES string of the molecule is CC(C)(C)OC(=O)N[C@H]1CCN(Cc2ccc(-c3cc4nccc(Oc5ccc(NC(=O)NC6CC6)cc5F)c4s3)nc2)C1=O. The summed E-state index contributed by atoms with van der Waals surface area (Å²) in [5.74, 6) is -0.301.